The maximum Gasteiger partial charge on any atom is 0.229 e. The number of rotatable bonds is 4. The number of hydrogen-bond acceptors (Lipinski definition) is 5. The Bertz CT molecular complexity index is 902. The van der Waals surface area contributed by atoms with Gasteiger partial charge in [-0.15, -0.1) is 0 Å². The van der Waals surface area contributed by atoms with Crippen molar-refractivity contribution in [3.8, 4) is 0 Å². The molecule has 7 nitrogen and oxygen atoms in total. The first-order valence-electron chi connectivity index (χ1n) is 9.68. The van der Waals surface area contributed by atoms with Gasteiger partial charge in [0.15, 0.2) is 5.82 Å². The minimum absolute atomic E-state index is 0.0121. The molecule has 1 aliphatic carbocycles. The number of nitrogens with zero attached hydrogens (tertiary/aromatic N) is 3. The molecule has 1 aromatic heterocycles. The van der Waals surface area contributed by atoms with Gasteiger partial charge in [-0.1, -0.05) is 17.3 Å². The smallest absolute Gasteiger partial charge is 0.229 e. The van der Waals surface area contributed by atoms with E-state index in [9.17, 15) is 9.59 Å². The first-order chi connectivity index (χ1) is 13.2. The fourth-order valence-electron chi connectivity index (χ4n) is 3.98. The van der Waals surface area contributed by atoms with E-state index in [1.165, 1.54) is 0 Å². The van der Waals surface area contributed by atoms with Crippen LogP contribution in [0.5, 0.6) is 0 Å². The van der Waals surface area contributed by atoms with Crippen LogP contribution in [-0.2, 0) is 22.4 Å². The van der Waals surface area contributed by atoms with Crippen LogP contribution in [0.3, 0.4) is 0 Å². The Kier molecular flexibility index (Phi) is 3.95. The summed E-state index contributed by atoms with van der Waals surface area (Å²) in [5.74, 6) is 2.22. The molecule has 1 atom stereocenters. The van der Waals surface area contributed by atoms with Crippen molar-refractivity contribution in [3.63, 3.8) is 0 Å². The Morgan fingerprint density at radius 1 is 1.26 bits per heavy atom. The quantitative estimate of drug-likeness (QED) is 0.898. The van der Waals surface area contributed by atoms with Crippen molar-refractivity contribution >= 4 is 17.5 Å². The molecule has 2 fully saturated rings. The molecule has 0 bridgehead atoms. The van der Waals surface area contributed by atoms with Gasteiger partial charge < -0.3 is 14.7 Å². The number of carbonyl (C=O) groups is 2. The lowest BCUT2D eigenvalue weighted by atomic mass is 9.96. The number of nitrogens with one attached hydrogen (secondary N) is 1. The van der Waals surface area contributed by atoms with Crippen LogP contribution in [-0.4, -0.2) is 39.9 Å². The van der Waals surface area contributed by atoms with E-state index in [1.54, 1.807) is 0 Å². The van der Waals surface area contributed by atoms with E-state index in [4.69, 9.17) is 4.52 Å². The number of likely N-dealkylation sites (tertiary alicyclic amines) is 1. The molecule has 5 rings (SSSR count). The topological polar surface area (TPSA) is 88.3 Å². The molecule has 0 radical (unpaired) electrons. The Hall–Kier alpha value is -2.70. The average molecular weight is 366 g/mol. The second kappa shape index (κ2) is 6.48. The lowest BCUT2D eigenvalue weighted by molar-refractivity contribution is -0.131. The van der Waals surface area contributed by atoms with E-state index in [1.807, 2.05) is 23.1 Å². The summed E-state index contributed by atoms with van der Waals surface area (Å²) in [6, 6.07) is 5.80. The third-order valence-corrected chi connectivity index (χ3v) is 5.68. The molecule has 3 aliphatic rings. The zero-order chi connectivity index (χ0) is 18.4. The molecule has 1 aromatic carbocycles. The highest BCUT2D eigenvalue weighted by atomic mass is 16.5. The number of piperidine rings is 1. The van der Waals surface area contributed by atoms with Crippen LogP contribution in [0.1, 0.15) is 60.4 Å². The van der Waals surface area contributed by atoms with Crippen molar-refractivity contribution in [1.29, 1.82) is 0 Å². The highest BCUT2D eigenvalue weighted by Crippen LogP contribution is 2.39. The van der Waals surface area contributed by atoms with Gasteiger partial charge in [0, 0.05) is 30.6 Å². The van der Waals surface area contributed by atoms with Crippen LogP contribution in [0.2, 0.25) is 0 Å². The zero-order valence-electron chi connectivity index (χ0n) is 15.1. The fourth-order valence-corrected chi connectivity index (χ4v) is 3.98. The van der Waals surface area contributed by atoms with E-state index in [0.29, 0.717) is 25.3 Å². The molecule has 140 valence electrons. The summed E-state index contributed by atoms with van der Waals surface area (Å²) in [6.07, 6.45) is 4.97. The maximum absolute atomic E-state index is 12.8. The monoisotopic (exact) mass is 366 g/mol. The summed E-state index contributed by atoms with van der Waals surface area (Å²) >= 11 is 0. The molecule has 1 saturated carbocycles. The van der Waals surface area contributed by atoms with Crippen LogP contribution in [0, 0.1) is 0 Å². The fraction of sp³-hybridized carbons (Fsp3) is 0.500. The van der Waals surface area contributed by atoms with Crippen LogP contribution in [0.15, 0.2) is 22.7 Å². The van der Waals surface area contributed by atoms with Crippen LogP contribution >= 0.6 is 0 Å². The van der Waals surface area contributed by atoms with Crippen LogP contribution in [0.25, 0.3) is 0 Å². The third kappa shape index (κ3) is 3.34. The van der Waals surface area contributed by atoms with Gasteiger partial charge in [0.1, 0.15) is 0 Å². The number of amides is 2. The average Bonchev–Trinajstić information content (AvgIpc) is 3.28. The summed E-state index contributed by atoms with van der Waals surface area (Å²) in [4.78, 5) is 30.8. The summed E-state index contributed by atoms with van der Waals surface area (Å²) in [5.41, 5.74) is 2.76. The highest BCUT2D eigenvalue weighted by Gasteiger charge is 2.33. The zero-order valence-corrected chi connectivity index (χ0v) is 15.1. The highest BCUT2D eigenvalue weighted by molar-refractivity contribution is 5.99. The van der Waals surface area contributed by atoms with Crippen molar-refractivity contribution in [2.24, 2.45) is 0 Å². The normalized spacial score (nSPS) is 21.9. The standard InChI is InChI=1S/C20H22N4O3/c25-17-10-14-4-3-12(8-16(14)21-17)9-18(26)24-7-1-2-15(11-24)19-22-20(27-23-19)13-5-6-13/h3-4,8,13,15H,1-2,5-7,9-11H2,(H,21,25). The molecule has 0 spiro atoms. The molecule has 27 heavy (non-hydrogen) atoms. The number of anilines is 1. The minimum Gasteiger partial charge on any atom is -0.342 e. The van der Waals surface area contributed by atoms with E-state index in [2.05, 4.69) is 15.5 Å². The molecule has 2 aliphatic heterocycles. The molecule has 3 heterocycles. The van der Waals surface area contributed by atoms with Crippen molar-refractivity contribution in [2.45, 2.75) is 50.4 Å². The number of hydrogen-bond donors (Lipinski definition) is 1. The minimum atomic E-state index is 0.0121. The van der Waals surface area contributed by atoms with Gasteiger partial charge in [0.25, 0.3) is 0 Å². The van der Waals surface area contributed by atoms with E-state index in [-0.39, 0.29) is 17.7 Å². The second-order valence-corrected chi connectivity index (χ2v) is 7.84. The molecular formula is C20H22N4O3. The van der Waals surface area contributed by atoms with Gasteiger partial charge in [0.05, 0.1) is 12.8 Å². The van der Waals surface area contributed by atoms with Crippen LogP contribution < -0.4 is 5.32 Å². The number of carbonyl (C=O) groups excluding carboxylic acids is 2. The maximum atomic E-state index is 12.8. The summed E-state index contributed by atoms with van der Waals surface area (Å²) < 4.78 is 5.39. The van der Waals surface area contributed by atoms with Crippen molar-refractivity contribution < 1.29 is 14.1 Å². The van der Waals surface area contributed by atoms with Crippen LogP contribution in [0.4, 0.5) is 5.69 Å². The second-order valence-electron chi connectivity index (χ2n) is 7.84. The van der Waals surface area contributed by atoms with Crippen molar-refractivity contribution in [3.05, 3.63) is 41.0 Å². The predicted octanol–water partition coefficient (Wildman–Crippen LogP) is 2.39. The first-order valence-corrected chi connectivity index (χ1v) is 9.68. The van der Waals surface area contributed by atoms with Gasteiger partial charge >= 0.3 is 0 Å². The summed E-state index contributed by atoms with van der Waals surface area (Å²) in [5, 5.41) is 7.01. The SMILES string of the molecule is O=C1Cc2ccc(CC(=O)N3CCCC(c4noc(C5CC5)n4)C3)cc2N1. The van der Waals surface area contributed by atoms with Gasteiger partial charge in [-0.3, -0.25) is 9.59 Å². The Morgan fingerprint density at radius 3 is 3.00 bits per heavy atom. The Balaban J connectivity index is 1.24. The van der Waals surface area contributed by atoms with Gasteiger partial charge in [0.2, 0.25) is 17.7 Å². The number of aromatic nitrogens is 2. The number of benzene rings is 1. The van der Waals surface area contributed by atoms with Crippen molar-refractivity contribution in [1.82, 2.24) is 15.0 Å². The Morgan fingerprint density at radius 2 is 2.15 bits per heavy atom. The number of fused-ring (bicyclic) bond motifs is 1. The summed E-state index contributed by atoms with van der Waals surface area (Å²) in [6.45, 7) is 1.41. The van der Waals surface area contributed by atoms with Gasteiger partial charge in [-0.05, 0) is 42.9 Å². The lowest BCUT2D eigenvalue weighted by Crippen LogP contribution is -2.40. The first kappa shape index (κ1) is 16.5. The largest absolute Gasteiger partial charge is 0.342 e. The third-order valence-electron chi connectivity index (χ3n) is 5.68. The molecule has 1 unspecified atom stereocenters. The van der Waals surface area contributed by atoms with E-state index < -0.39 is 0 Å². The lowest BCUT2D eigenvalue weighted by Gasteiger charge is -2.31. The molecule has 2 amide bonds. The Labute approximate surface area is 157 Å². The van der Waals surface area contributed by atoms with Crippen molar-refractivity contribution in [2.75, 3.05) is 18.4 Å². The molecule has 7 heteroatoms. The predicted molar refractivity (Wildman–Crippen MR) is 97.3 cm³/mol. The summed E-state index contributed by atoms with van der Waals surface area (Å²) in [7, 11) is 0. The molecule has 1 N–H and O–H groups in total. The molecule has 1 saturated heterocycles. The van der Waals surface area contributed by atoms with Gasteiger partial charge in [-0.2, -0.15) is 4.98 Å². The van der Waals surface area contributed by atoms with Gasteiger partial charge in [-0.25, -0.2) is 0 Å². The molecular weight excluding hydrogens is 344 g/mol. The molecule has 2 aromatic rings. The van der Waals surface area contributed by atoms with E-state index >= 15 is 0 Å². The van der Waals surface area contributed by atoms with E-state index in [0.717, 1.165) is 60.8 Å².